The number of halogens is 1. The van der Waals surface area contributed by atoms with Crippen LogP contribution in [-0.4, -0.2) is 49.6 Å². The molecule has 1 unspecified atom stereocenters. The van der Waals surface area contributed by atoms with E-state index >= 15 is 0 Å². The molecule has 0 fully saturated rings. The monoisotopic (exact) mass is 357 g/mol. The number of rotatable bonds is 8. The number of carbonyl (C=O) groups excluding carboxylic acids is 2. The van der Waals surface area contributed by atoms with Gasteiger partial charge in [-0.1, -0.05) is 18.2 Å². The molecule has 0 bridgehead atoms. The topological polar surface area (TPSA) is 84.7 Å². The number of aryl methyl sites for hydroxylation is 2. The first-order valence-corrected chi connectivity index (χ1v) is 7.79. The minimum Gasteiger partial charge on any atom is -0.380 e. The van der Waals surface area contributed by atoms with Gasteiger partial charge in [0.2, 0.25) is 11.8 Å². The Labute approximate surface area is 150 Å². The molecule has 1 aromatic carbocycles. The summed E-state index contributed by atoms with van der Waals surface area (Å²) in [6.45, 7) is 6.47. The van der Waals surface area contributed by atoms with E-state index in [0.717, 1.165) is 16.8 Å². The Morgan fingerprint density at radius 2 is 1.88 bits per heavy atom. The van der Waals surface area contributed by atoms with Crippen LogP contribution in [0.2, 0.25) is 0 Å². The Hall–Kier alpha value is -1.63. The summed E-state index contributed by atoms with van der Waals surface area (Å²) in [5, 5.41) is 2.89. The van der Waals surface area contributed by atoms with Gasteiger partial charge in [-0.15, -0.1) is 12.4 Å². The number of nitrogens with two attached hydrogens (primary N) is 1. The first-order valence-electron chi connectivity index (χ1n) is 7.79. The second-order valence-corrected chi connectivity index (χ2v) is 5.52. The number of ether oxygens (including phenoxy) is 1. The third-order valence-corrected chi connectivity index (χ3v) is 3.81. The zero-order chi connectivity index (χ0) is 17.4. The van der Waals surface area contributed by atoms with E-state index in [1.54, 1.807) is 0 Å². The second-order valence-electron chi connectivity index (χ2n) is 5.52. The Kier molecular flexibility index (Phi) is 10.3. The third kappa shape index (κ3) is 6.47. The molecule has 0 aliphatic carbocycles. The van der Waals surface area contributed by atoms with E-state index < -0.39 is 0 Å². The molecule has 0 saturated heterocycles. The van der Waals surface area contributed by atoms with E-state index in [4.69, 9.17) is 10.5 Å². The van der Waals surface area contributed by atoms with Gasteiger partial charge in [-0.25, -0.2) is 0 Å². The van der Waals surface area contributed by atoms with Crippen LogP contribution in [0.1, 0.15) is 24.5 Å². The number of benzene rings is 1. The van der Waals surface area contributed by atoms with Gasteiger partial charge in [-0.3, -0.25) is 9.59 Å². The fourth-order valence-electron chi connectivity index (χ4n) is 2.33. The summed E-state index contributed by atoms with van der Waals surface area (Å²) in [5.41, 5.74) is 8.33. The quantitative estimate of drug-likeness (QED) is 0.743. The highest BCUT2D eigenvalue weighted by Gasteiger charge is 2.20. The van der Waals surface area contributed by atoms with Crippen molar-refractivity contribution in [1.29, 1.82) is 0 Å². The van der Waals surface area contributed by atoms with E-state index in [-0.39, 0.29) is 49.8 Å². The van der Waals surface area contributed by atoms with Crippen LogP contribution in [0.5, 0.6) is 0 Å². The molecule has 7 heteroatoms. The molecule has 1 atom stereocenters. The van der Waals surface area contributed by atoms with Gasteiger partial charge in [-0.05, 0) is 31.9 Å². The van der Waals surface area contributed by atoms with Crippen molar-refractivity contribution in [2.75, 3.05) is 32.1 Å². The molecular weight excluding hydrogens is 330 g/mol. The van der Waals surface area contributed by atoms with Gasteiger partial charge in [0, 0.05) is 25.9 Å². The molecule has 24 heavy (non-hydrogen) atoms. The number of hydrogen-bond donors (Lipinski definition) is 2. The number of nitrogens with zero attached hydrogens (tertiary/aromatic N) is 1. The van der Waals surface area contributed by atoms with Crippen LogP contribution in [0, 0.1) is 13.8 Å². The van der Waals surface area contributed by atoms with Crippen molar-refractivity contribution >= 4 is 29.9 Å². The van der Waals surface area contributed by atoms with Crippen molar-refractivity contribution < 1.29 is 14.3 Å². The highest BCUT2D eigenvalue weighted by atomic mass is 35.5. The van der Waals surface area contributed by atoms with Gasteiger partial charge in [0.15, 0.2) is 0 Å². The third-order valence-electron chi connectivity index (χ3n) is 3.81. The summed E-state index contributed by atoms with van der Waals surface area (Å²) in [7, 11) is 1.52. The fourth-order valence-corrected chi connectivity index (χ4v) is 2.33. The predicted molar refractivity (Wildman–Crippen MR) is 98.5 cm³/mol. The fraction of sp³-hybridized carbons (Fsp3) is 0.529. The maximum atomic E-state index is 12.3. The molecule has 1 rings (SSSR count). The molecule has 0 heterocycles. The average molecular weight is 358 g/mol. The van der Waals surface area contributed by atoms with Gasteiger partial charge in [0.25, 0.3) is 0 Å². The highest BCUT2D eigenvalue weighted by molar-refractivity contribution is 5.95. The van der Waals surface area contributed by atoms with E-state index in [9.17, 15) is 9.59 Å². The van der Waals surface area contributed by atoms with Crippen molar-refractivity contribution in [2.24, 2.45) is 5.73 Å². The average Bonchev–Trinajstić information content (AvgIpc) is 2.53. The Balaban J connectivity index is 0.00000529. The maximum Gasteiger partial charge on any atom is 0.244 e. The first kappa shape index (κ1) is 22.4. The minimum atomic E-state index is -0.321. The highest BCUT2D eigenvalue weighted by Crippen LogP contribution is 2.19. The molecule has 1 aromatic rings. The van der Waals surface area contributed by atoms with Crippen LogP contribution in [0.25, 0.3) is 0 Å². The Morgan fingerprint density at radius 3 is 2.33 bits per heavy atom. The summed E-state index contributed by atoms with van der Waals surface area (Å²) >= 11 is 0. The van der Waals surface area contributed by atoms with Crippen LogP contribution >= 0.6 is 12.4 Å². The minimum absolute atomic E-state index is 0. The van der Waals surface area contributed by atoms with Gasteiger partial charge < -0.3 is 20.7 Å². The molecule has 0 aliphatic rings. The number of nitrogens with one attached hydrogen (secondary N) is 1. The van der Waals surface area contributed by atoms with Crippen molar-refractivity contribution in [1.82, 2.24) is 4.90 Å². The molecule has 0 saturated carbocycles. The van der Waals surface area contributed by atoms with Crippen LogP contribution in [-0.2, 0) is 14.3 Å². The van der Waals surface area contributed by atoms with Crippen LogP contribution in [0.15, 0.2) is 18.2 Å². The SMILES string of the molecule is CCN(CC(=O)Nc1c(C)cccc1C)C(=O)CC(CN)OC.Cl. The van der Waals surface area contributed by atoms with Crippen molar-refractivity contribution in [3.63, 3.8) is 0 Å². The number of para-hydroxylation sites is 1. The number of methoxy groups -OCH3 is 1. The van der Waals surface area contributed by atoms with Crippen molar-refractivity contribution in [2.45, 2.75) is 33.3 Å². The molecule has 0 aliphatic heterocycles. The number of amides is 2. The van der Waals surface area contributed by atoms with E-state index in [2.05, 4.69) is 5.32 Å². The van der Waals surface area contributed by atoms with Crippen molar-refractivity contribution in [3.8, 4) is 0 Å². The molecule has 0 radical (unpaired) electrons. The molecule has 3 N–H and O–H groups in total. The summed E-state index contributed by atoms with van der Waals surface area (Å²) in [6, 6.07) is 5.82. The summed E-state index contributed by atoms with van der Waals surface area (Å²) in [5.74, 6) is -0.347. The zero-order valence-electron chi connectivity index (χ0n) is 14.8. The normalized spacial score (nSPS) is 11.4. The smallest absolute Gasteiger partial charge is 0.244 e. The van der Waals surface area contributed by atoms with Crippen LogP contribution in [0.4, 0.5) is 5.69 Å². The number of hydrogen-bond acceptors (Lipinski definition) is 4. The van der Waals surface area contributed by atoms with Gasteiger partial charge >= 0.3 is 0 Å². The second kappa shape index (κ2) is 11.0. The number of likely N-dealkylation sites (N-methyl/N-ethyl adjacent to an activating group) is 1. The largest absolute Gasteiger partial charge is 0.380 e. The summed E-state index contributed by atoms with van der Waals surface area (Å²) in [4.78, 5) is 26.0. The molecular formula is C17H28ClN3O3. The lowest BCUT2D eigenvalue weighted by Crippen LogP contribution is -2.40. The lowest BCUT2D eigenvalue weighted by Gasteiger charge is -2.23. The van der Waals surface area contributed by atoms with E-state index in [1.165, 1.54) is 12.0 Å². The lowest BCUT2D eigenvalue weighted by atomic mass is 10.1. The predicted octanol–water partition coefficient (Wildman–Crippen LogP) is 1.88. The molecule has 6 nitrogen and oxygen atoms in total. The first-order chi connectivity index (χ1) is 10.9. The number of anilines is 1. The van der Waals surface area contributed by atoms with Gasteiger partial charge in [0.1, 0.15) is 0 Å². The van der Waals surface area contributed by atoms with Gasteiger partial charge in [0.05, 0.1) is 19.1 Å². The van der Waals surface area contributed by atoms with E-state index in [1.807, 2.05) is 39.0 Å². The van der Waals surface area contributed by atoms with Crippen LogP contribution in [0.3, 0.4) is 0 Å². The van der Waals surface area contributed by atoms with E-state index in [0.29, 0.717) is 6.54 Å². The lowest BCUT2D eigenvalue weighted by molar-refractivity contribution is -0.136. The molecule has 2 amide bonds. The zero-order valence-corrected chi connectivity index (χ0v) is 15.6. The van der Waals surface area contributed by atoms with Crippen LogP contribution < -0.4 is 11.1 Å². The summed E-state index contributed by atoms with van der Waals surface area (Å²) < 4.78 is 5.12. The molecule has 0 aromatic heterocycles. The maximum absolute atomic E-state index is 12.3. The molecule has 0 spiro atoms. The number of carbonyl (C=O) groups is 2. The Bertz CT molecular complexity index is 528. The molecule has 136 valence electrons. The summed E-state index contributed by atoms with van der Waals surface area (Å²) in [6.07, 6.45) is -0.143. The van der Waals surface area contributed by atoms with Gasteiger partial charge in [-0.2, -0.15) is 0 Å². The van der Waals surface area contributed by atoms with Crippen molar-refractivity contribution in [3.05, 3.63) is 29.3 Å². The Morgan fingerprint density at radius 1 is 1.29 bits per heavy atom. The standard InChI is InChI=1S/C17H27N3O3.ClH/c1-5-20(16(22)9-14(10-18)23-4)11-15(21)19-17-12(2)7-6-8-13(17)3;/h6-8,14H,5,9-11,18H2,1-4H3,(H,19,21);1H.